The van der Waals surface area contributed by atoms with E-state index in [2.05, 4.69) is 15.3 Å². The molecule has 0 aromatic carbocycles. The van der Waals surface area contributed by atoms with E-state index in [-0.39, 0.29) is 0 Å². The second kappa shape index (κ2) is 5.47. The van der Waals surface area contributed by atoms with Crippen LogP contribution in [0, 0.1) is 6.92 Å². The van der Waals surface area contributed by atoms with Gasteiger partial charge in [0.05, 0.1) is 0 Å². The SMILES string of the molecule is Cc1cnc(SC2CCCCNC2)nc1. The second-order valence-corrected chi connectivity index (χ2v) is 5.25. The fourth-order valence-electron chi connectivity index (χ4n) is 1.68. The smallest absolute Gasteiger partial charge is 0.187 e. The maximum Gasteiger partial charge on any atom is 0.187 e. The van der Waals surface area contributed by atoms with Crippen LogP contribution < -0.4 is 5.32 Å². The third kappa shape index (κ3) is 3.47. The molecule has 4 heteroatoms. The zero-order valence-corrected chi connectivity index (χ0v) is 9.89. The lowest BCUT2D eigenvalue weighted by molar-refractivity contribution is 0.706. The van der Waals surface area contributed by atoms with E-state index in [1.807, 2.05) is 19.3 Å². The Labute approximate surface area is 95.1 Å². The van der Waals surface area contributed by atoms with Crippen molar-refractivity contribution in [3.8, 4) is 0 Å². The molecule has 3 nitrogen and oxygen atoms in total. The normalized spacial score (nSPS) is 22.3. The van der Waals surface area contributed by atoms with Crippen molar-refractivity contribution < 1.29 is 0 Å². The number of hydrogen-bond acceptors (Lipinski definition) is 4. The molecule has 1 aliphatic heterocycles. The molecule has 1 fully saturated rings. The lowest BCUT2D eigenvalue weighted by Crippen LogP contribution is -2.22. The Morgan fingerprint density at radius 1 is 1.33 bits per heavy atom. The molecule has 2 heterocycles. The molecule has 0 bridgehead atoms. The number of thioether (sulfide) groups is 1. The summed E-state index contributed by atoms with van der Waals surface area (Å²) in [6.07, 6.45) is 7.66. The quantitative estimate of drug-likeness (QED) is 0.778. The first kappa shape index (κ1) is 10.9. The number of aromatic nitrogens is 2. The third-order valence-corrected chi connectivity index (χ3v) is 3.69. The van der Waals surface area contributed by atoms with Gasteiger partial charge in [-0.15, -0.1) is 0 Å². The van der Waals surface area contributed by atoms with Gasteiger partial charge < -0.3 is 5.32 Å². The van der Waals surface area contributed by atoms with Crippen LogP contribution in [0.5, 0.6) is 0 Å². The summed E-state index contributed by atoms with van der Waals surface area (Å²) < 4.78 is 0. The van der Waals surface area contributed by atoms with Crippen LogP contribution in [0.4, 0.5) is 0 Å². The van der Waals surface area contributed by atoms with Gasteiger partial charge in [-0.1, -0.05) is 18.2 Å². The van der Waals surface area contributed by atoms with Crippen molar-refractivity contribution in [2.24, 2.45) is 0 Å². The van der Waals surface area contributed by atoms with Crippen LogP contribution in [-0.2, 0) is 0 Å². The molecule has 0 spiro atoms. The highest BCUT2D eigenvalue weighted by atomic mass is 32.2. The average molecular weight is 223 g/mol. The minimum absolute atomic E-state index is 0.634. The predicted molar refractivity (Wildman–Crippen MR) is 63.1 cm³/mol. The first-order chi connectivity index (χ1) is 7.34. The third-order valence-electron chi connectivity index (χ3n) is 2.53. The van der Waals surface area contributed by atoms with Crippen LogP contribution in [0.15, 0.2) is 17.6 Å². The molecule has 1 aliphatic rings. The van der Waals surface area contributed by atoms with Gasteiger partial charge in [-0.25, -0.2) is 9.97 Å². The summed E-state index contributed by atoms with van der Waals surface area (Å²) in [6.45, 7) is 4.26. The van der Waals surface area contributed by atoms with Gasteiger partial charge in [-0.3, -0.25) is 0 Å². The monoisotopic (exact) mass is 223 g/mol. The van der Waals surface area contributed by atoms with E-state index in [4.69, 9.17) is 0 Å². The summed E-state index contributed by atoms with van der Waals surface area (Å²) >= 11 is 1.80. The summed E-state index contributed by atoms with van der Waals surface area (Å²) in [5.41, 5.74) is 1.12. The van der Waals surface area contributed by atoms with E-state index in [0.717, 1.165) is 23.8 Å². The van der Waals surface area contributed by atoms with Gasteiger partial charge in [0, 0.05) is 24.2 Å². The number of rotatable bonds is 2. The van der Waals surface area contributed by atoms with E-state index in [0.29, 0.717) is 5.25 Å². The standard InChI is InChI=1S/C11H17N3S/c1-9-6-13-11(14-7-9)15-10-4-2-3-5-12-8-10/h6-7,10,12H,2-5,8H2,1H3. The zero-order valence-electron chi connectivity index (χ0n) is 9.07. The average Bonchev–Trinajstić information content (AvgIpc) is 2.50. The highest BCUT2D eigenvalue weighted by Crippen LogP contribution is 2.24. The van der Waals surface area contributed by atoms with E-state index in [9.17, 15) is 0 Å². The van der Waals surface area contributed by atoms with Crippen molar-refractivity contribution in [3.63, 3.8) is 0 Å². The minimum Gasteiger partial charge on any atom is -0.316 e. The van der Waals surface area contributed by atoms with Gasteiger partial charge in [0.1, 0.15) is 0 Å². The van der Waals surface area contributed by atoms with E-state index in [1.165, 1.54) is 19.3 Å². The van der Waals surface area contributed by atoms with Crippen molar-refractivity contribution in [1.82, 2.24) is 15.3 Å². The molecule has 1 saturated heterocycles. The van der Waals surface area contributed by atoms with Crippen molar-refractivity contribution >= 4 is 11.8 Å². The van der Waals surface area contributed by atoms with Crippen LogP contribution in [0.25, 0.3) is 0 Å². The van der Waals surface area contributed by atoms with Gasteiger partial charge in [-0.2, -0.15) is 0 Å². The van der Waals surface area contributed by atoms with Crippen LogP contribution >= 0.6 is 11.8 Å². The molecule has 0 radical (unpaired) electrons. The van der Waals surface area contributed by atoms with E-state index in [1.54, 1.807) is 11.8 Å². The summed E-state index contributed by atoms with van der Waals surface area (Å²) in [7, 11) is 0. The Morgan fingerprint density at radius 2 is 2.13 bits per heavy atom. The lowest BCUT2D eigenvalue weighted by Gasteiger charge is -2.11. The fourth-order valence-corrected chi connectivity index (χ4v) is 2.69. The molecular weight excluding hydrogens is 206 g/mol. The number of nitrogens with one attached hydrogen (secondary N) is 1. The zero-order chi connectivity index (χ0) is 10.5. The molecule has 1 atom stereocenters. The van der Waals surface area contributed by atoms with Crippen LogP contribution in [0.1, 0.15) is 24.8 Å². The Kier molecular flexibility index (Phi) is 3.97. The Bertz CT molecular complexity index is 291. The van der Waals surface area contributed by atoms with Gasteiger partial charge in [-0.05, 0) is 31.9 Å². The highest BCUT2D eigenvalue weighted by Gasteiger charge is 2.14. The molecule has 15 heavy (non-hydrogen) atoms. The molecule has 82 valence electrons. The molecule has 1 unspecified atom stereocenters. The van der Waals surface area contributed by atoms with Crippen LogP contribution in [-0.4, -0.2) is 28.3 Å². The molecule has 1 aromatic heterocycles. The van der Waals surface area contributed by atoms with Crippen LogP contribution in [0.2, 0.25) is 0 Å². The van der Waals surface area contributed by atoms with Gasteiger partial charge >= 0.3 is 0 Å². The molecule has 2 rings (SSSR count). The van der Waals surface area contributed by atoms with Crippen molar-refractivity contribution in [2.75, 3.05) is 13.1 Å². The molecule has 1 aromatic rings. The largest absolute Gasteiger partial charge is 0.316 e. The summed E-state index contributed by atoms with van der Waals surface area (Å²) in [4.78, 5) is 8.65. The number of aryl methyl sites for hydroxylation is 1. The molecule has 0 amide bonds. The van der Waals surface area contributed by atoms with Crippen molar-refractivity contribution in [2.45, 2.75) is 36.6 Å². The first-order valence-electron chi connectivity index (χ1n) is 5.50. The second-order valence-electron chi connectivity index (χ2n) is 3.98. The molecule has 0 saturated carbocycles. The molecular formula is C11H17N3S. The predicted octanol–water partition coefficient (Wildman–Crippen LogP) is 2.02. The van der Waals surface area contributed by atoms with Gasteiger partial charge in [0.25, 0.3) is 0 Å². The van der Waals surface area contributed by atoms with Gasteiger partial charge in [0.15, 0.2) is 5.16 Å². The highest BCUT2D eigenvalue weighted by molar-refractivity contribution is 7.99. The van der Waals surface area contributed by atoms with E-state index >= 15 is 0 Å². The summed E-state index contributed by atoms with van der Waals surface area (Å²) in [5.74, 6) is 0. The van der Waals surface area contributed by atoms with Crippen molar-refractivity contribution in [3.05, 3.63) is 18.0 Å². The lowest BCUT2D eigenvalue weighted by atomic mass is 10.2. The fraction of sp³-hybridized carbons (Fsp3) is 0.636. The maximum absolute atomic E-state index is 4.33. The van der Waals surface area contributed by atoms with Crippen molar-refractivity contribution in [1.29, 1.82) is 0 Å². The molecule has 0 aliphatic carbocycles. The first-order valence-corrected chi connectivity index (χ1v) is 6.38. The maximum atomic E-state index is 4.33. The summed E-state index contributed by atoms with van der Waals surface area (Å²) in [6, 6.07) is 0. The number of hydrogen-bond donors (Lipinski definition) is 1. The summed E-state index contributed by atoms with van der Waals surface area (Å²) in [5, 5.41) is 5.00. The Balaban J connectivity index is 1.92. The van der Waals surface area contributed by atoms with Gasteiger partial charge in [0.2, 0.25) is 0 Å². The van der Waals surface area contributed by atoms with Crippen LogP contribution in [0.3, 0.4) is 0 Å². The van der Waals surface area contributed by atoms with E-state index < -0.39 is 0 Å². The molecule has 1 N–H and O–H groups in total. The Morgan fingerprint density at radius 3 is 2.93 bits per heavy atom. The number of nitrogens with zero attached hydrogens (tertiary/aromatic N) is 2. The minimum atomic E-state index is 0.634. The topological polar surface area (TPSA) is 37.8 Å². The Hall–Kier alpha value is -0.610.